The zero-order valence-corrected chi connectivity index (χ0v) is 16.4. The molecule has 1 aliphatic rings. The molecule has 0 saturated carbocycles. The highest BCUT2D eigenvalue weighted by atomic mass is 35.5. The van der Waals surface area contributed by atoms with Crippen LogP contribution < -0.4 is 5.32 Å². The highest BCUT2D eigenvalue weighted by Crippen LogP contribution is 2.27. The molecular weight excluding hydrogens is 392 g/mol. The summed E-state index contributed by atoms with van der Waals surface area (Å²) in [4.78, 5) is 7.19. The second kappa shape index (κ2) is 7.93. The van der Waals surface area contributed by atoms with Gasteiger partial charge in [0.1, 0.15) is 11.6 Å². The van der Waals surface area contributed by atoms with E-state index in [0.717, 1.165) is 29.4 Å². The highest BCUT2D eigenvalue weighted by molar-refractivity contribution is 5.85. The van der Waals surface area contributed by atoms with Gasteiger partial charge in [-0.05, 0) is 59.4 Å². The standard InChI is InChI=1S/C23H19F2N3.ClH/c24-20-9-17(16-5-6-22-23(11-16)28-13-27-22)10-21(25)19(20)12-26-18-7-14-3-1-2-4-15(14)8-18;/h1-6,9-11,13,18,26H,7-8,12H2,(H,27,28);1H. The van der Waals surface area contributed by atoms with Crippen LogP contribution in [0.25, 0.3) is 22.2 Å². The van der Waals surface area contributed by atoms with E-state index in [1.165, 1.54) is 23.3 Å². The van der Waals surface area contributed by atoms with Crippen molar-refractivity contribution in [1.82, 2.24) is 15.3 Å². The maximum Gasteiger partial charge on any atom is 0.131 e. The molecule has 0 aliphatic heterocycles. The summed E-state index contributed by atoms with van der Waals surface area (Å²) in [5, 5.41) is 3.31. The van der Waals surface area contributed by atoms with Gasteiger partial charge in [-0.15, -0.1) is 12.4 Å². The van der Waals surface area contributed by atoms with Crippen molar-refractivity contribution in [2.45, 2.75) is 25.4 Å². The van der Waals surface area contributed by atoms with Crippen LogP contribution >= 0.6 is 12.4 Å². The minimum Gasteiger partial charge on any atom is -0.345 e. The monoisotopic (exact) mass is 411 g/mol. The van der Waals surface area contributed by atoms with Crippen LogP contribution in [0.3, 0.4) is 0 Å². The average molecular weight is 412 g/mol. The molecule has 3 aromatic carbocycles. The lowest BCUT2D eigenvalue weighted by Gasteiger charge is -2.14. The molecule has 0 amide bonds. The van der Waals surface area contributed by atoms with Crippen molar-refractivity contribution < 1.29 is 8.78 Å². The van der Waals surface area contributed by atoms with Gasteiger partial charge < -0.3 is 10.3 Å². The van der Waals surface area contributed by atoms with Crippen molar-refractivity contribution in [1.29, 1.82) is 0 Å². The number of H-pyrrole nitrogens is 1. The van der Waals surface area contributed by atoms with E-state index in [1.807, 2.05) is 30.3 Å². The fraction of sp³-hybridized carbons (Fsp3) is 0.174. The maximum absolute atomic E-state index is 14.7. The number of benzene rings is 3. The minimum absolute atomic E-state index is 0. The van der Waals surface area contributed by atoms with E-state index in [0.29, 0.717) is 5.56 Å². The quantitative estimate of drug-likeness (QED) is 0.485. The number of imidazole rings is 1. The zero-order chi connectivity index (χ0) is 19.1. The van der Waals surface area contributed by atoms with E-state index >= 15 is 0 Å². The van der Waals surface area contributed by atoms with E-state index < -0.39 is 11.6 Å². The number of nitrogens with zero attached hydrogens (tertiary/aromatic N) is 1. The fourth-order valence-electron chi connectivity index (χ4n) is 4.00. The molecule has 0 atom stereocenters. The molecule has 4 aromatic rings. The van der Waals surface area contributed by atoms with Gasteiger partial charge in [-0.2, -0.15) is 0 Å². The summed E-state index contributed by atoms with van der Waals surface area (Å²) in [5.74, 6) is -1.05. The van der Waals surface area contributed by atoms with Crippen molar-refractivity contribution in [3.63, 3.8) is 0 Å². The molecule has 0 unspecified atom stereocenters. The van der Waals surface area contributed by atoms with E-state index in [1.54, 1.807) is 6.33 Å². The van der Waals surface area contributed by atoms with Crippen molar-refractivity contribution in [3.05, 3.63) is 89.2 Å². The summed E-state index contributed by atoms with van der Waals surface area (Å²) in [5.41, 5.74) is 5.63. The van der Waals surface area contributed by atoms with E-state index in [4.69, 9.17) is 0 Å². The molecule has 5 rings (SSSR count). The Morgan fingerprint density at radius 2 is 1.62 bits per heavy atom. The summed E-state index contributed by atoms with van der Waals surface area (Å²) in [6.07, 6.45) is 3.38. The average Bonchev–Trinajstić information content (AvgIpc) is 3.32. The van der Waals surface area contributed by atoms with Gasteiger partial charge in [0.25, 0.3) is 0 Å². The normalized spacial score (nSPS) is 13.4. The number of hydrogen-bond acceptors (Lipinski definition) is 2. The third kappa shape index (κ3) is 3.76. The lowest BCUT2D eigenvalue weighted by Crippen LogP contribution is -2.29. The number of rotatable bonds is 4. The van der Waals surface area contributed by atoms with Gasteiger partial charge >= 0.3 is 0 Å². The van der Waals surface area contributed by atoms with Gasteiger partial charge in [-0.1, -0.05) is 30.3 Å². The van der Waals surface area contributed by atoms with Gasteiger partial charge in [0, 0.05) is 18.2 Å². The van der Waals surface area contributed by atoms with E-state index in [9.17, 15) is 8.78 Å². The number of halogens is 3. The Morgan fingerprint density at radius 1 is 0.931 bits per heavy atom. The smallest absolute Gasteiger partial charge is 0.131 e. The van der Waals surface area contributed by atoms with Crippen LogP contribution in [0, 0.1) is 11.6 Å². The molecule has 1 heterocycles. The SMILES string of the molecule is Cl.Fc1cc(-c2ccc3nc[nH]c3c2)cc(F)c1CNC1Cc2ccccc2C1. The number of nitrogens with one attached hydrogen (secondary N) is 2. The van der Waals surface area contributed by atoms with Crippen molar-refractivity contribution in [2.24, 2.45) is 0 Å². The molecule has 29 heavy (non-hydrogen) atoms. The van der Waals surface area contributed by atoms with Crippen LogP contribution in [-0.4, -0.2) is 16.0 Å². The van der Waals surface area contributed by atoms with Gasteiger partial charge in [-0.25, -0.2) is 13.8 Å². The van der Waals surface area contributed by atoms with Gasteiger partial charge in [0.15, 0.2) is 0 Å². The molecule has 1 aromatic heterocycles. The molecule has 0 radical (unpaired) electrons. The number of hydrogen-bond donors (Lipinski definition) is 2. The van der Waals surface area contributed by atoms with Crippen LogP contribution in [0.5, 0.6) is 0 Å². The van der Waals surface area contributed by atoms with E-state index in [2.05, 4.69) is 27.4 Å². The zero-order valence-electron chi connectivity index (χ0n) is 15.6. The summed E-state index contributed by atoms with van der Waals surface area (Å²) in [6, 6.07) is 16.8. The summed E-state index contributed by atoms with van der Waals surface area (Å²) < 4.78 is 29.4. The van der Waals surface area contributed by atoms with Crippen LogP contribution in [0.15, 0.2) is 60.9 Å². The van der Waals surface area contributed by atoms with E-state index in [-0.39, 0.29) is 30.6 Å². The first-order valence-electron chi connectivity index (χ1n) is 9.39. The topological polar surface area (TPSA) is 40.7 Å². The van der Waals surface area contributed by atoms with Gasteiger partial charge in [-0.3, -0.25) is 0 Å². The van der Waals surface area contributed by atoms with Gasteiger partial charge in [0.05, 0.1) is 17.4 Å². The van der Waals surface area contributed by atoms with Crippen LogP contribution in [0.4, 0.5) is 8.78 Å². The molecule has 6 heteroatoms. The van der Waals surface area contributed by atoms with Crippen molar-refractivity contribution in [2.75, 3.05) is 0 Å². The molecule has 2 N–H and O–H groups in total. The number of aromatic nitrogens is 2. The number of fused-ring (bicyclic) bond motifs is 2. The molecule has 1 aliphatic carbocycles. The second-order valence-corrected chi connectivity index (χ2v) is 7.31. The summed E-state index contributed by atoms with van der Waals surface area (Å²) in [6.45, 7) is 0.177. The highest BCUT2D eigenvalue weighted by Gasteiger charge is 2.21. The molecule has 0 spiro atoms. The third-order valence-electron chi connectivity index (χ3n) is 5.51. The molecule has 148 valence electrons. The molecule has 0 fully saturated rings. The Hall–Kier alpha value is -2.76. The molecule has 0 saturated heterocycles. The lowest BCUT2D eigenvalue weighted by atomic mass is 10.0. The first kappa shape index (κ1) is 19.6. The summed E-state index contributed by atoms with van der Waals surface area (Å²) in [7, 11) is 0. The molecule has 3 nitrogen and oxygen atoms in total. The Morgan fingerprint density at radius 3 is 2.31 bits per heavy atom. The van der Waals surface area contributed by atoms with Gasteiger partial charge in [0.2, 0.25) is 0 Å². The van der Waals surface area contributed by atoms with Crippen molar-refractivity contribution >= 4 is 23.4 Å². The molecular formula is C23H20ClF2N3. The first-order valence-corrected chi connectivity index (χ1v) is 9.39. The largest absolute Gasteiger partial charge is 0.345 e. The molecule has 0 bridgehead atoms. The predicted molar refractivity (Wildman–Crippen MR) is 113 cm³/mol. The first-order chi connectivity index (χ1) is 13.7. The van der Waals surface area contributed by atoms with Crippen LogP contribution in [-0.2, 0) is 19.4 Å². The van der Waals surface area contributed by atoms with Crippen molar-refractivity contribution in [3.8, 4) is 11.1 Å². The maximum atomic E-state index is 14.7. The Labute approximate surface area is 173 Å². The third-order valence-corrected chi connectivity index (χ3v) is 5.51. The number of aromatic amines is 1. The Balaban J connectivity index is 0.00000205. The fourth-order valence-corrected chi connectivity index (χ4v) is 4.00. The lowest BCUT2D eigenvalue weighted by molar-refractivity contribution is 0.492. The summed E-state index contributed by atoms with van der Waals surface area (Å²) >= 11 is 0. The van der Waals surface area contributed by atoms with Crippen LogP contribution in [0.2, 0.25) is 0 Å². The Kier molecular flexibility index (Phi) is 5.35. The minimum atomic E-state index is -0.525. The second-order valence-electron chi connectivity index (χ2n) is 7.31. The Bertz CT molecular complexity index is 1120. The van der Waals surface area contributed by atoms with Crippen LogP contribution in [0.1, 0.15) is 16.7 Å². The predicted octanol–water partition coefficient (Wildman–Crippen LogP) is 5.19.